The van der Waals surface area contributed by atoms with E-state index in [1.807, 2.05) is 12.1 Å². The van der Waals surface area contributed by atoms with E-state index in [1.54, 1.807) is 60.7 Å². The van der Waals surface area contributed by atoms with Crippen molar-refractivity contribution >= 4 is 69.6 Å². The lowest BCUT2D eigenvalue weighted by Gasteiger charge is -2.09. The second-order valence-corrected chi connectivity index (χ2v) is 9.13. The molecule has 1 N–H and O–H groups in total. The van der Waals surface area contributed by atoms with Gasteiger partial charge in [0.1, 0.15) is 12.4 Å². The Morgan fingerprint density at radius 3 is 2.48 bits per heavy atom. The molecule has 1 saturated heterocycles. The lowest BCUT2D eigenvalue weighted by atomic mass is 10.2. The topological polar surface area (TPSA) is 67.8 Å². The summed E-state index contributed by atoms with van der Waals surface area (Å²) in [5.41, 5.74) is 2.00. The Kier molecular flexibility index (Phi) is 7.40. The summed E-state index contributed by atoms with van der Waals surface area (Å²) in [4.78, 5) is 28.9. The molecule has 0 spiro atoms. The van der Waals surface area contributed by atoms with Gasteiger partial charge in [-0.1, -0.05) is 65.1 Å². The Morgan fingerprint density at radius 2 is 1.76 bits per heavy atom. The number of nitrogens with zero attached hydrogens (tertiary/aromatic N) is 1. The molecule has 1 aliphatic heterocycles. The third kappa shape index (κ3) is 5.97. The zero-order chi connectivity index (χ0) is 23.4. The van der Waals surface area contributed by atoms with Crippen molar-refractivity contribution in [3.05, 3.63) is 103 Å². The lowest BCUT2D eigenvalue weighted by Crippen LogP contribution is -2.20. The first-order valence-corrected chi connectivity index (χ1v) is 11.6. The smallest absolute Gasteiger partial charge is 0.279 e. The van der Waals surface area contributed by atoms with Crippen molar-refractivity contribution in [2.45, 2.75) is 6.61 Å². The molecule has 4 rings (SSSR count). The molecular formula is C24H15Cl3N2O3S. The predicted octanol–water partition coefficient (Wildman–Crippen LogP) is 6.63. The monoisotopic (exact) mass is 516 g/mol. The Hall–Kier alpha value is -2.77. The van der Waals surface area contributed by atoms with E-state index in [0.717, 1.165) is 17.3 Å². The van der Waals surface area contributed by atoms with E-state index in [9.17, 15) is 9.59 Å². The van der Waals surface area contributed by atoms with Crippen molar-refractivity contribution in [3.63, 3.8) is 0 Å². The first kappa shape index (κ1) is 23.4. The minimum Gasteiger partial charge on any atom is -0.487 e. The first-order valence-electron chi connectivity index (χ1n) is 9.64. The van der Waals surface area contributed by atoms with E-state index in [-0.39, 0.29) is 17.7 Å². The van der Waals surface area contributed by atoms with Crippen molar-refractivity contribution in [2.75, 3.05) is 0 Å². The van der Waals surface area contributed by atoms with Gasteiger partial charge in [-0.2, -0.15) is 4.99 Å². The van der Waals surface area contributed by atoms with Gasteiger partial charge in [-0.25, -0.2) is 0 Å². The average molecular weight is 518 g/mol. The molecule has 0 aliphatic carbocycles. The van der Waals surface area contributed by atoms with Gasteiger partial charge in [-0.15, -0.1) is 0 Å². The van der Waals surface area contributed by atoms with Gasteiger partial charge in [0.2, 0.25) is 0 Å². The van der Waals surface area contributed by atoms with Crippen LogP contribution >= 0.6 is 46.6 Å². The minimum absolute atomic E-state index is 0.229. The third-order valence-corrected chi connectivity index (χ3v) is 6.45. The highest BCUT2D eigenvalue weighted by Crippen LogP contribution is 2.31. The van der Waals surface area contributed by atoms with Gasteiger partial charge >= 0.3 is 0 Å². The second-order valence-electron chi connectivity index (χ2n) is 6.88. The number of hydrogen-bond donors (Lipinski definition) is 1. The maximum Gasteiger partial charge on any atom is 0.279 e. The SMILES string of the molecule is O=C1NC(=NC(=O)c2ccccc2)S/C1=C\c1ccc(OCc2ccc(Cl)c(Cl)c2)c(Cl)c1. The molecule has 0 unspecified atom stereocenters. The standard InChI is InChI=1S/C24H15Cl3N2O3S/c25-17-8-6-15(11-18(17)26)13-32-20-9-7-14(10-19(20)27)12-21-23(31)29-24(33-21)28-22(30)16-4-2-1-3-5-16/h1-12H,13H2,(H,28,29,30,31)/b21-12-. The van der Waals surface area contributed by atoms with Crippen molar-refractivity contribution < 1.29 is 14.3 Å². The number of carbonyl (C=O) groups excluding carboxylic acids is 2. The van der Waals surface area contributed by atoms with Crippen LogP contribution in [-0.4, -0.2) is 17.0 Å². The van der Waals surface area contributed by atoms with Gasteiger partial charge in [0.05, 0.1) is 20.0 Å². The summed E-state index contributed by atoms with van der Waals surface area (Å²) in [5.74, 6) is -0.272. The number of hydrogen-bond acceptors (Lipinski definition) is 4. The number of carbonyl (C=O) groups is 2. The average Bonchev–Trinajstić information content (AvgIpc) is 3.14. The summed E-state index contributed by atoms with van der Waals surface area (Å²) in [7, 11) is 0. The van der Waals surface area contributed by atoms with Crippen LogP contribution in [0.15, 0.2) is 76.6 Å². The molecule has 1 fully saturated rings. The molecule has 9 heteroatoms. The quantitative estimate of drug-likeness (QED) is 0.386. The summed E-state index contributed by atoms with van der Waals surface area (Å²) in [6, 6.07) is 19.1. The molecule has 2 amide bonds. The Morgan fingerprint density at radius 1 is 0.970 bits per heavy atom. The van der Waals surface area contributed by atoms with Crippen LogP contribution in [0.3, 0.4) is 0 Å². The number of rotatable bonds is 5. The van der Waals surface area contributed by atoms with E-state index < -0.39 is 5.91 Å². The molecule has 0 bridgehead atoms. The van der Waals surface area contributed by atoms with Gasteiger partial charge in [-0.05, 0) is 65.4 Å². The third-order valence-electron chi connectivity index (χ3n) is 4.51. The number of ether oxygens (including phenoxy) is 1. The molecule has 3 aromatic carbocycles. The fourth-order valence-electron chi connectivity index (χ4n) is 2.88. The Bertz CT molecular complexity index is 1290. The molecule has 1 heterocycles. The highest BCUT2D eigenvalue weighted by Gasteiger charge is 2.25. The molecule has 0 radical (unpaired) electrons. The molecule has 0 saturated carbocycles. The highest BCUT2D eigenvalue weighted by atomic mass is 35.5. The molecular weight excluding hydrogens is 503 g/mol. The van der Waals surface area contributed by atoms with Gasteiger partial charge in [0, 0.05) is 5.56 Å². The fourth-order valence-corrected chi connectivity index (χ4v) is 4.27. The number of thioether (sulfide) groups is 1. The van der Waals surface area contributed by atoms with E-state index in [1.165, 1.54) is 0 Å². The van der Waals surface area contributed by atoms with E-state index in [4.69, 9.17) is 39.5 Å². The van der Waals surface area contributed by atoms with Crippen LogP contribution in [0.5, 0.6) is 5.75 Å². The number of nitrogens with one attached hydrogen (secondary N) is 1. The van der Waals surface area contributed by atoms with Crippen LogP contribution in [-0.2, 0) is 11.4 Å². The van der Waals surface area contributed by atoms with E-state index >= 15 is 0 Å². The van der Waals surface area contributed by atoms with Crippen molar-refractivity contribution in [2.24, 2.45) is 4.99 Å². The summed E-state index contributed by atoms with van der Waals surface area (Å²) >= 11 is 19.4. The molecule has 1 aliphatic rings. The summed E-state index contributed by atoms with van der Waals surface area (Å²) in [5, 5.41) is 4.15. The van der Waals surface area contributed by atoms with Crippen molar-refractivity contribution in [1.29, 1.82) is 0 Å². The van der Waals surface area contributed by atoms with E-state index in [0.29, 0.717) is 36.8 Å². The van der Waals surface area contributed by atoms with Crippen LogP contribution in [0, 0.1) is 0 Å². The minimum atomic E-state index is -0.425. The van der Waals surface area contributed by atoms with Gasteiger partial charge in [0.25, 0.3) is 11.8 Å². The fraction of sp³-hybridized carbons (Fsp3) is 0.0417. The first-order chi connectivity index (χ1) is 15.9. The van der Waals surface area contributed by atoms with Crippen LogP contribution < -0.4 is 10.1 Å². The molecule has 166 valence electrons. The summed E-state index contributed by atoms with van der Waals surface area (Å²) < 4.78 is 5.77. The van der Waals surface area contributed by atoms with E-state index in [2.05, 4.69) is 10.3 Å². The molecule has 33 heavy (non-hydrogen) atoms. The molecule has 0 aromatic heterocycles. The van der Waals surface area contributed by atoms with Gasteiger partial charge < -0.3 is 10.1 Å². The number of benzene rings is 3. The molecule has 5 nitrogen and oxygen atoms in total. The Balaban J connectivity index is 1.44. The predicted molar refractivity (Wildman–Crippen MR) is 134 cm³/mol. The number of halogens is 3. The zero-order valence-corrected chi connectivity index (χ0v) is 19.9. The van der Waals surface area contributed by atoms with Gasteiger partial charge in [0.15, 0.2) is 5.17 Å². The van der Waals surface area contributed by atoms with Crippen LogP contribution in [0.25, 0.3) is 6.08 Å². The van der Waals surface area contributed by atoms with Crippen LogP contribution in [0.2, 0.25) is 15.1 Å². The van der Waals surface area contributed by atoms with Crippen molar-refractivity contribution in [3.8, 4) is 5.75 Å². The normalized spacial score (nSPS) is 15.7. The van der Waals surface area contributed by atoms with Crippen LogP contribution in [0.4, 0.5) is 0 Å². The highest BCUT2D eigenvalue weighted by molar-refractivity contribution is 8.18. The van der Waals surface area contributed by atoms with Gasteiger partial charge in [-0.3, -0.25) is 9.59 Å². The summed E-state index contributed by atoms with van der Waals surface area (Å²) in [6.45, 7) is 0.268. The van der Waals surface area contributed by atoms with Crippen LogP contribution in [0.1, 0.15) is 21.5 Å². The number of aliphatic imine (C=N–C) groups is 1. The number of amides is 2. The second kappa shape index (κ2) is 10.4. The van der Waals surface area contributed by atoms with Crippen molar-refractivity contribution in [1.82, 2.24) is 5.32 Å². The Labute approximate surface area is 209 Å². The summed E-state index contributed by atoms with van der Waals surface area (Å²) in [6.07, 6.45) is 1.67. The zero-order valence-electron chi connectivity index (χ0n) is 16.8. The molecule has 0 atom stereocenters. The lowest BCUT2D eigenvalue weighted by molar-refractivity contribution is -0.115. The maximum absolute atomic E-state index is 12.3. The number of amidine groups is 1. The maximum atomic E-state index is 12.3. The largest absolute Gasteiger partial charge is 0.487 e. The molecule has 3 aromatic rings.